The number of nitrogens with one attached hydrogen (secondary N) is 1. The summed E-state index contributed by atoms with van der Waals surface area (Å²) in [6.07, 6.45) is 7.62. The number of aromatic nitrogens is 5. The van der Waals surface area contributed by atoms with Crippen molar-refractivity contribution in [2.45, 2.75) is 18.8 Å². The number of hydrogen-bond donors (Lipinski definition) is 1. The zero-order valence-electron chi connectivity index (χ0n) is 15.1. The maximum absolute atomic E-state index is 12.7. The van der Waals surface area contributed by atoms with Gasteiger partial charge in [-0.2, -0.15) is 5.10 Å². The van der Waals surface area contributed by atoms with Gasteiger partial charge in [0.05, 0.1) is 23.1 Å². The maximum atomic E-state index is 12.7. The van der Waals surface area contributed by atoms with E-state index in [4.69, 9.17) is 0 Å². The Morgan fingerprint density at radius 3 is 2.85 bits per heavy atom. The lowest BCUT2D eigenvalue weighted by molar-refractivity contribution is 0.452. The Kier molecular flexibility index (Phi) is 3.75. The van der Waals surface area contributed by atoms with Crippen LogP contribution in [0, 0.1) is 0 Å². The average molecular weight is 360 g/mol. The highest BCUT2D eigenvalue weighted by molar-refractivity contribution is 5.83. The lowest BCUT2D eigenvalue weighted by Crippen LogP contribution is -2.27. The van der Waals surface area contributed by atoms with Gasteiger partial charge < -0.3 is 5.32 Å². The Bertz CT molecular complexity index is 1200. The molecule has 1 saturated heterocycles. The van der Waals surface area contributed by atoms with Crippen molar-refractivity contribution in [1.29, 1.82) is 0 Å². The third-order valence-electron chi connectivity index (χ3n) is 5.24. The summed E-state index contributed by atoms with van der Waals surface area (Å²) in [7, 11) is 1.89. The molecule has 1 aliphatic heterocycles. The van der Waals surface area contributed by atoms with E-state index in [2.05, 4.69) is 20.4 Å². The largest absolute Gasteiger partial charge is 0.317 e. The van der Waals surface area contributed by atoms with E-state index in [-0.39, 0.29) is 5.56 Å². The molecule has 0 radical (unpaired) electrons. The van der Waals surface area contributed by atoms with Crippen LogP contribution in [0.1, 0.15) is 24.5 Å². The van der Waals surface area contributed by atoms with Crippen LogP contribution in [0.4, 0.5) is 0 Å². The molecule has 1 fully saturated rings. The second kappa shape index (κ2) is 6.28. The number of piperidine rings is 1. The number of nitrogens with zero attached hydrogens (tertiary/aromatic N) is 5. The number of hydrogen-bond acceptors (Lipinski definition) is 5. The molecule has 7 heteroatoms. The molecule has 5 rings (SSSR count). The fourth-order valence-corrected chi connectivity index (χ4v) is 3.81. The van der Waals surface area contributed by atoms with Gasteiger partial charge in [0.2, 0.25) is 0 Å². The highest BCUT2D eigenvalue weighted by Gasteiger charge is 2.17. The molecule has 4 heterocycles. The molecule has 4 aromatic rings. The standard InChI is InChI=1S/C20H20N6O/c1-25-11-15-8-14(2-3-16(15)24-25)17-9-20(27)26-12-18(22-10-19(26)23-17)13-4-6-21-7-5-13/h2-3,8-13,21H,4-7H2,1H3. The molecular formula is C20H20N6O. The Balaban J connectivity index is 1.58. The molecule has 0 aliphatic carbocycles. The minimum atomic E-state index is -0.0844. The summed E-state index contributed by atoms with van der Waals surface area (Å²) in [5.74, 6) is 0.398. The summed E-state index contributed by atoms with van der Waals surface area (Å²) in [5.41, 5.74) is 3.93. The van der Waals surface area contributed by atoms with E-state index >= 15 is 0 Å². The van der Waals surface area contributed by atoms with Gasteiger partial charge in [0.25, 0.3) is 5.56 Å². The Morgan fingerprint density at radius 1 is 1.15 bits per heavy atom. The fourth-order valence-electron chi connectivity index (χ4n) is 3.81. The van der Waals surface area contributed by atoms with Crippen molar-refractivity contribution in [2.24, 2.45) is 7.05 Å². The smallest absolute Gasteiger partial charge is 0.258 e. The van der Waals surface area contributed by atoms with Gasteiger partial charge in [0, 0.05) is 42.4 Å². The lowest BCUT2D eigenvalue weighted by atomic mass is 9.95. The predicted molar refractivity (Wildman–Crippen MR) is 104 cm³/mol. The molecule has 0 saturated carbocycles. The van der Waals surface area contributed by atoms with Crippen molar-refractivity contribution in [2.75, 3.05) is 13.1 Å². The minimum Gasteiger partial charge on any atom is -0.317 e. The number of rotatable bonds is 2. The average Bonchev–Trinajstić information content (AvgIpc) is 3.07. The van der Waals surface area contributed by atoms with E-state index in [1.54, 1.807) is 21.3 Å². The molecule has 0 spiro atoms. The fraction of sp³-hybridized carbons (Fsp3) is 0.300. The highest BCUT2D eigenvalue weighted by atomic mass is 16.1. The third kappa shape index (κ3) is 2.90. The van der Waals surface area contributed by atoms with Crippen LogP contribution < -0.4 is 10.9 Å². The summed E-state index contributed by atoms with van der Waals surface area (Å²) in [5, 5.41) is 8.77. The monoisotopic (exact) mass is 360 g/mol. The second-order valence-corrected chi connectivity index (χ2v) is 7.12. The molecule has 1 aliphatic rings. The molecule has 0 atom stereocenters. The van der Waals surface area contributed by atoms with Crippen LogP contribution in [0.2, 0.25) is 0 Å². The van der Waals surface area contributed by atoms with Crippen LogP contribution >= 0.6 is 0 Å². The first-order valence-corrected chi connectivity index (χ1v) is 9.21. The topological polar surface area (TPSA) is 77.1 Å². The van der Waals surface area contributed by atoms with Crippen molar-refractivity contribution in [3.63, 3.8) is 0 Å². The van der Waals surface area contributed by atoms with E-state index in [0.717, 1.165) is 48.1 Å². The molecular weight excluding hydrogens is 340 g/mol. The van der Waals surface area contributed by atoms with Crippen molar-refractivity contribution in [1.82, 2.24) is 29.5 Å². The van der Waals surface area contributed by atoms with Gasteiger partial charge in [-0.25, -0.2) is 4.98 Å². The first-order chi connectivity index (χ1) is 13.2. The molecule has 0 unspecified atom stereocenters. The van der Waals surface area contributed by atoms with Crippen LogP contribution in [0.3, 0.4) is 0 Å². The van der Waals surface area contributed by atoms with E-state index in [1.165, 1.54) is 0 Å². The van der Waals surface area contributed by atoms with E-state index in [9.17, 15) is 4.79 Å². The molecule has 1 aromatic carbocycles. The van der Waals surface area contributed by atoms with Gasteiger partial charge in [-0.05, 0) is 38.1 Å². The summed E-state index contributed by atoms with van der Waals surface area (Å²) in [6, 6.07) is 7.51. The summed E-state index contributed by atoms with van der Waals surface area (Å²) < 4.78 is 3.39. The normalized spacial score (nSPS) is 15.6. The van der Waals surface area contributed by atoms with Crippen LogP contribution in [0.5, 0.6) is 0 Å². The first kappa shape index (κ1) is 16.1. The molecule has 0 bridgehead atoms. The highest BCUT2D eigenvalue weighted by Crippen LogP contribution is 2.24. The van der Waals surface area contributed by atoms with Crippen molar-refractivity contribution in [3.05, 3.63) is 58.9 Å². The lowest BCUT2D eigenvalue weighted by Gasteiger charge is -2.22. The zero-order valence-corrected chi connectivity index (χ0v) is 15.1. The van der Waals surface area contributed by atoms with Gasteiger partial charge in [0.15, 0.2) is 5.65 Å². The number of benzene rings is 1. The predicted octanol–water partition coefficient (Wildman–Crippen LogP) is 2.11. The van der Waals surface area contributed by atoms with Gasteiger partial charge >= 0.3 is 0 Å². The quantitative estimate of drug-likeness (QED) is 0.592. The van der Waals surface area contributed by atoms with E-state index < -0.39 is 0 Å². The molecule has 3 aromatic heterocycles. The summed E-state index contributed by atoms with van der Waals surface area (Å²) in [4.78, 5) is 22.0. The Morgan fingerprint density at radius 2 is 2.00 bits per heavy atom. The number of fused-ring (bicyclic) bond motifs is 2. The Labute approximate surface area is 155 Å². The maximum Gasteiger partial charge on any atom is 0.258 e. The molecule has 1 N–H and O–H groups in total. The molecule has 7 nitrogen and oxygen atoms in total. The second-order valence-electron chi connectivity index (χ2n) is 7.12. The van der Waals surface area contributed by atoms with Gasteiger partial charge in [-0.3, -0.25) is 18.9 Å². The summed E-state index contributed by atoms with van der Waals surface area (Å²) >= 11 is 0. The van der Waals surface area contributed by atoms with Crippen molar-refractivity contribution in [3.8, 4) is 11.3 Å². The molecule has 136 valence electrons. The van der Waals surface area contributed by atoms with Crippen molar-refractivity contribution < 1.29 is 0 Å². The molecule has 0 amide bonds. The van der Waals surface area contributed by atoms with Crippen LogP contribution in [0.25, 0.3) is 27.8 Å². The zero-order chi connectivity index (χ0) is 18.4. The SMILES string of the molecule is Cn1cc2cc(-c3cc(=O)n4cc(C5CCNCC5)ncc4n3)ccc2n1. The van der Waals surface area contributed by atoms with Crippen LogP contribution in [-0.4, -0.2) is 37.2 Å². The van der Waals surface area contributed by atoms with Gasteiger partial charge in [-0.15, -0.1) is 0 Å². The Hall–Kier alpha value is -3.06. The van der Waals surface area contributed by atoms with Gasteiger partial charge in [-0.1, -0.05) is 6.07 Å². The summed E-state index contributed by atoms with van der Waals surface area (Å²) in [6.45, 7) is 1.99. The van der Waals surface area contributed by atoms with Crippen LogP contribution in [0.15, 0.2) is 47.7 Å². The third-order valence-corrected chi connectivity index (χ3v) is 5.24. The first-order valence-electron chi connectivity index (χ1n) is 9.21. The number of aryl methyl sites for hydroxylation is 1. The van der Waals surface area contributed by atoms with E-state index in [0.29, 0.717) is 17.3 Å². The van der Waals surface area contributed by atoms with Crippen LogP contribution in [-0.2, 0) is 7.05 Å². The van der Waals surface area contributed by atoms with Gasteiger partial charge in [0.1, 0.15) is 0 Å². The van der Waals surface area contributed by atoms with E-state index in [1.807, 2.05) is 37.6 Å². The minimum absolute atomic E-state index is 0.0844. The molecule has 27 heavy (non-hydrogen) atoms. The van der Waals surface area contributed by atoms with Crippen molar-refractivity contribution >= 4 is 16.6 Å².